The lowest BCUT2D eigenvalue weighted by atomic mass is 10.00. The van der Waals surface area contributed by atoms with Crippen LogP contribution in [-0.2, 0) is 0 Å². The Kier molecular flexibility index (Phi) is 3.56. The number of allylic oxidation sites excluding steroid dienone is 5. The Balaban J connectivity index is 2.50. The highest BCUT2D eigenvalue weighted by Crippen LogP contribution is 2.32. The summed E-state index contributed by atoms with van der Waals surface area (Å²) < 4.78 is 0. The van der Waals surface area contributed by atoms with Crippen molar-refractivity contribution < 1.29 is 10.2 Å². The maximum Gasteiger partial charge on any atom is 0.126 e. The molecule has 1 aliphatic carbocycles. The molecule has 1 aromatic carbocycles. The van der Waals surface area contributed by atoms with Crippen LogP contribution in [0.5, 0.6) is 5.75 Å². The van der Waals surface area contributed by atoms with Crippen LogP contribution in [0.15, 0.2) is 48.3 Å². The number of hydrogen-bond acceptors (Lipinski definition) is 2. The summed E-state index contributed by atoms with van der Waals surface area (Å²) in [4.78, 5) is 0. The van der Waals surface area contributed by atoms with Gasteiger partial charge in [-0.2, -0.15) is 0 Å². The Bertz CT molecular complexity index is 536. The standard InChI is InChI=1S/C16H18O2/c1-3-12-7-9-13(15(17)10-8-12)14-6-4-5-11(2)16(14)18/h4-10,12,17-18H,3H2,1-2H3. The maximum atomic E-state index is 10.1. The minimum atomic E-state index is 0.197. The predicted octanol–water partition coefficient (Wildman–Crippen LogP) is 4.12. The van der Waals surface area contributed by atoms with Gasteiger partial charge < -0.3 is 10.2 Å². The Morgan fingerprint density at radius 1 is 1.11 bits per heavy atom. The third-order valence-electron chi connectivity index (χ3n) is 3.29. The van der Waals surface area contributed by atoms with E-state index in [1.54, 1.807) is 6.08 Å². The van der Waals surface area contributed by atoms with Crippen molar-refractivity contribution >= 4 is 5.57 Å². The molecule has 0 amide bonds. The molecule has 0 fully saturated rings. The molecular formula is C16H18O2. The van der Waals surface area contributed by atoms with E-state index in [-0.39, 0.29) is 11.5 Å². The minimum Gasteiger partial charge on any atom is -0.507 e. The van der Waals surface area contributed by atoms with Gasteiger partial charge in [-0.3, -0.25) is 0 Å². The van der Waals surface area contributed by atoms with E-state index in [0.717, 1.165) is 12.0 Å². The number of phenols is 1. The molecule has 1 atom stereocenters. The Labute approximate surface area is 108 Å². The van der Waals surface area contributed by atoms with Crippen molar-refractivity contribution in [2.24, 2.45) is 5.92 Å². The SMILES string of the molecule is CCC1C=CC(O)=C(c2cccc(C)c2O)C=C1. The third-order valence-corrected chi connectivity index (χ3v) is 3.29. The molecule has 0 saturated carbocycles. The number of para-hydroxylation sites is 1. The summed E-state index contributed by atoms with van der Waals surface area (Å²) in [7, 11) is 0. The first kappa shape index (κ1) is 12.5. The van der Waals surface area contributed by atoms with Crippen LogP contribution >= 0.6 is 0 Å². The number of hydrogen-bond donors (Lipinski definition) is 2. The predicted molar refractivity (Wildman–Crippen MR) is 74.5 cm³/mol. The molecule has 0 radical (unpaired) electrons. The van der Waals surface area contributed by atoms with Crippen molar-refractivity contribution in [2.75, 3.05) is 0 Å². The lowest BCUT2D eigenvalue weighted by Gasteiger charge is -2.08. The van der Waals surface area contributed by atoms with Crippen LogP contribution in [0.4, 0.5) is 0 Å². The second kappa shape index (κ2) is 5.13. The lowest BCUT2D eigenvalue weighted by molar-refractivity contribution is 0.433. The summed E-state index contributed by atoms with van der Waals surface area (Å²) in [6, 6.07) is 5.55. The van der Waals surface area contributed by atoms with Crippen LogP contribution in [0.3, 0.4) is 0 Å². The lowest BCUT2D eigenvalue weighted by Crippen LogP contribution is -1.89. The van der Waals surface area contributed by atoms with Gasteiger partial charge in [-0.1, -0.05) is 43.4 Å². The number of aliphatic hydroxyl groups is 1. The molecule has 2 heteroatoms. The van der Waals surface area contributed by atoms with E-state index in [0.29, 0.717) is 17.1 Å². The van der Waals surface area contributed by atoms with Crippen LogP contribution < -0.4 is 0 Å². The normalized spacial score (nSPS) is 19.1. The van der Waals surface area contributed by atoms with Gasteiger partial charge in [-0.15, -0.1) is 0 Å². The molecule has 1 aliphatic rings. The average Bonchev–Trinajstić information content (AvgIpc) is 2.55. The van der Waals surface area contributed by atoms with Crippen LogP contribution in [0, 0.1) is 12.8 Å². The zero-order valence-electron chi connectivity index (χ0n) is 10.7. The summed E-state index contributed by atoms with van der Waals surface area (Å²) in [6.45, 7) is 3.95. The van der Waals surface area contributed by atoms with E-state index < -0.39 is 0 Å². The van der Waals surface area contributed by atoms with E-state index >= 15 is 0 Å². The molecule has 2 N–H and O–H groups in total. The van der Waals surface area contributed by atoms with Crippen LogP contribution in [0.25, 0.3) is 5.57 Å². The first-order valence-electron chi connectivity index (χ1n) is 6.22. The van der Waals surface area contributed by atoms with Crippen molar-refractivity contribution in [3.8, 4) is 5.75 Å². The van der Waals surface area contributed by atoms with E-state index in [1.807, 2.05) is 37.3 Å². The summed E-state index contributed by atoms with van der Waals surface area (Å²) in [5, 5.41) is 20.1. The van der Waals surface area contributed by atoms with Gasteiger partial charge in [0.2, 0.25) is 0 Å². The zero-order valence-corrected chi connectivity index (χ0v) is 10.7. The summed E-state index contributed by atoms with van der Waals surface area (Å²) >= 11 is 0. The second-order valence-corrected chi connectivity index (χ2v) is 4.56. The molecule has 1 unspecified atom stereocenters. The van der Waals surface area contributed by atoms with Gasteiger partial charge in [0.05, 0.1) is 0 Å². The van der Waals surface area contributed by atoms with E-state index in [1.165, 1.54) is 0 Å². The smallest absolute Gasteiger partial charge is 0.126 e. The summed E-state index contributed by atoms with van der Waals surface area (Å²) in [6.07, 6.45) is 8.62. The highest BCUT2D eigenvalue weighted by atomic mass is 16.3. The van der Waals surface area contributed by atoms with Gasteiger partial charge in [0.25, 0.3) is 0 Å². The number of phenolic OH excluding ortho intramolecular Hbond substituents is 1. The number of aryl methyl sites for hydroxylation is 1. The van der Waals surface area contributed by atoms with Crippen molar-refractivity contribution in [1.29, 1.82) is 0 Å². The minimum absolute atomic E-state index is 0.197. The fourth-order valence-electron chi connectivity index (χ4n) is 2.05. The average molecular weight is 242 g/mol. The molecule has 0 aromatic heterocycles. The fourth-order valence-corrected chi connectivity index (χ4v) is 2.05. The van der Waals surface area contributed by atoms with E-state index in [4.69, 9.17) is 0 Å². The molecule has 2 nitrogen and oxygen atoms in total. The van der Waals surface area contributed by atoms with Crippen molar-refractivity contribution in [2.45, 2.75) is 20.3 Å². The molecule has 0 aliphatic heterocycles. The molecule has 2 rings (SSSR count). The van der Waals surface area contributed by atoms with Crippen molar-refractivity contribution in [3.05, 3.63) is 59.4 Å². The Morgan fingerprint density at radius 2 is 1.83 bits per heavy atom. The van der Waals surface area contributed by atoms with Crippen LogP contribution in [0.2, 0.25) is 0 Å². The van der Waals surface area contributed by atoms with Crippen molar-refractivity contribution in [1.82, 2.24) is 0 Å². The Hall–Kier alpha value is -1.96. The molecule has 1 aromatic rings. The monoisotopic (exact) mass is 242 g/mol. The van der Waals surface area contributed by atoms with Crippen LogP contribution in [-0.4, -0.2) is 10.2 Å². The number of aromatic hydroxyl groups is 1. The first-order valence-corrected chi connectivity index (χ1v) is 6.22. The zero-order chi connectivity index (χ0) is 13.1. The quantitative estimate of drug-likeness (QED) is 0.819. The molecule has 0 heterocycles. The molecule has 0 bridgehead atoms. The molecule has 0 saturated heterocycles. The van der Waals surface area contributed by atoms with Crippen molar-refractivity contribution in [3.63, 3.8) is 0 Å². The maximum absolute atomic E-state index is 10.1. The fraction of sp³-hybridized carbons (Fsp3) is 0.250. The molecular weight excluding hydrogens is 224 g/mol. The Morgan fingerprint density at radius 3 is 2.56 bits per heavy atom. The van der Waals surface area contributed by atoms with E-state index in [9.17, 15) is 10.2 Å². The summed E-state index contributed by atoms with van der Waals surface area (Å²) in [5.74, 6) is 0.756. The molecule has 94 valence electrons. The van der Waals surface area contributed by atoms with Gasteiger partial charge in [0, 0.05) is 11.1 Å². The van der Waals surface area contributed by atoms with Crippen LogP contribution in [0.1, 0.15) is 24.5 Å². The number of benzene rings is 1. The second-order valence-electron chi connectivity index (χ2n) is 4.56. The van der Waals surface area contributed by atoms with Gasteiger partial charge in [0.1, 0.15) is 11.5 Å². The van der Waals surface area contributed by atoms with E-state index in [2.05, 4.69) is 13.0 Å². The molecule has 0 spiro atoms. The largest absolute Gasteiger partial charge is 0.507 e. The number of rotatable bonds is 2. The third kappa shape index (κ3) is 2.33. The summed E-state index contributed by atoms with van der Waals surface area (Å²) in [5.41, 5.74) is 2.15. The highest BCUT2D eigenvalue weighted by molar-refractivity contribution is 5.81. The first-order chi connectivity index (χ1) is 8.63. The molecule has 18 heavy (non-hydrogen) atoms. The van der Waals surface area contributed by atoms with Gasteiger partial charge in [-0.05, 0) is 30.9 Å². The van der Waals surface area contributed by atoms with Gasteiger partial charge >= 0.3 is 0 Å². The van der Waals surface area contributed by atoms with Gasteiger partial charge in [-0.25, -0.2) is 0 Å². The topological polar surface area (TPSA) is 40.5 Å². The highest BCUT2D eigenvalue weighted by Gasteiger charge is 2.13. The van der Waals surface area contributed by atoms with Gasteiger partial charge in [0.15, 0.2) is 0 Å². The number of aliphatic hydroxyl groups excluding tert-OH is 1.